The number of carbonyl (C=O) groups is 1. The lowest BCUT2D eigenvalue weighted by atomic mass is 10.2. The topological polar surface area (TPSA) is 29.1 Å². The zero-order chi connectivity index (χ0) is 7.98. The number of amides is 1. The van der Waals surface area contributed by atoms with Crippen molar-refractivity contribution >= 4 is 5.91 Å². The molecule has 0 aliphatic carbocycles. The highest BCUT2D eigenvalue weighted by molar-refractivity contribution is 5.92. The molecule has 0 saturated heterocycles. The summed E-state index contributed by atoms with van der Waals surface area (Å²) in [4.78, 5) is 10.5. The number of hydrogen-bond donors (Lipinski definition) is 1. The van der Waals surface area contributed by atoms with Gasteiger partial charge in [0.2, 0.25) is 0 Å². The zero-order valence-electron chi connectivity index (χ0n) is 6.05. The van der Waals surface area contributed by atoms with Crippen molar-refractivity contribution in [1.29, 1.82) is 0 Å². The molecule has 1 amide bonds. The van der Waals surface area contributed by atoms with Gasteiger partial charge in [0, 0.05) is 6.04 Å². The SMILES string of the molecule is C#CC(=O)NC(C)CC=C. The van der Waals surface area contributed by atoms with E-state index in [4.69, 9.17) is 6.42 Å². The van der Waals surface area contributed by atoms with Crippen LogP contribution < -0.4 is 5.32 Å². The largest absolute Gasteiger partial charge is 0.343 e. The quantitative estimate of drug-likeness (QED) is 0.450. The fraction of sp³-hybridized carbons (Fsp3) is 0.375. The maximum absolute atomic E-state index is 10.5. The van der Waals surface area contributed by atoms with E-state index in [1.165, 1.54) is 0 Å². The summed E-state index contributed by atoms with van der Waals surface area (Å²) in [5, 5.41) is 2.58. The maximum Gasteiger partial charge on any atom is 0.295 e. The first-order valence-electron chi connectivity index (χ1n) is 3.08. The summed E-state index contributed by atoms with van der Waals surface area (Å²) in [6.45, 7) is 5.40. The summed E-state index contributed by atoms with van der Waals surface area (Å²) < 4.78 is 0. The molecule has 0 aromatic rings. The molecule has 10 heavy (non-hydrogen) atoms. The molecule has 0 rings (SSSR count). The van der Waals surface area contributed by atoms with E-state index >= 15 is 0 Å². The van der Waals surface area contributed by atoms with Crippen LogP contribution in [0, 0.1) is 12.3 Å². The first-order chi connectivity index (χ1) is 4.70. The van der Waals surface area contributed by atoms with Crippen molar-refractivity contribution in [1.82, 2.24) is 5.32 Å². The molecular formula is C8H11NO. The molecule has 0 radical (unpaired) electrons. The van der Waals surface area contributed by atoms with E-state index in [1.807, 2.05) is 12.8 Å². The van der Waals surface area contributed by atoms with Gasteiger partial charge in [-0.25, -0.2) is 0 Å². The van der Waals surface area contributed by atoms with Gasteiger partial charge in [0.25, 0.3) is 5.91 Å². The van der Waals surface area contributed by atoms with E-state index in [0.29, 0.717) is 0 Å². The van der Waals surface area contributed by atoms with E-state index < -0.39 is 0 Å². The van der Waals surface area contributed by atoms with Crippen molar-refractivity contribution in [3.63, 3.8) is 0 Å². The monoisotopic (exact) mass is 137 g/mol. The highest BCUT2D eigenvalue weighted by Crippen LogP contribution is 1.88. The first-order valence-corrected chi connectivity index (χ1v) is 3.08. The number of hydrogen-bond acceptors (Lipinski definition) is 1. The minimum atomic E-state index is -0.366. The average Bonchev–Trinajstić information content (AvgIpc) is 1.88. The second-order valence-corrected chi connectivity index (χ2v) is 2.04. The van der Waals surface area contributed by atoms with Crippen molar-refractivity contribution in [2.75, 3.05) is 0 Å². The Labute approximate surface area is 61.3 Å². The van der Waals surface area contributed by atoms with Crippen LogP contribution in [-0.4, -0.2) is 11.9 Å². The van der Waals surface area contributed by atoms with Crippen LogP contribution in [0.25, 0.3) is 0 Å². The van der Waals surface area contributed by atoms with E-state index in [2.05, 4.69) is 11.9 Å². The summed E-state index contributed by atoms with van der Waals surface area (Å²) in [7, 11) is 0. The highest BCUT2D eigenvalue weighted by Gasteiger charge is 2.00. The molecule has 2 heteroatoms. The van der Waals surface area contributed by atoms with Crippen molar-refractivity contribution in [3.05, 3.63) is 12.7 Å². The maximum atomic E-state index is 10.5. The van der Waals surface area contributed by atoms with Crippen molar-refractivity contribution < 1.29 is 4.79 Å². The standard InChI is InChI=1S/C8H11NO/c1-4-6-7(3)9-8(10)5-2/h2,4,7H,1,6H2,3H3,(H,9,10). The molecule has 0 saturated carbocycles. The van der Waals surface area contributed by atoms with Gasteiger partial charge in [0.05, 0.1) is 0 Å². The molecule has 0 fully saturated rings. The molecule has 1 N–H and O–H groups in total. The summed E-state index contributed by atoms with van der Waals surface area (Å²) in [5.41, 5.74) is 0. The number of rotatable bonds is 3. The van der Waals surface area contributed by atoms with Gasteiger partial charge in [0.1, 0.15) is 0 Å². The van der Waals surface area contributed by atoms with E-state index in [0.717, 1.165) is 6.42 Å². The van der Waals surface area contributed by atoms with Crippen LogP contribution in [0.3, 0.4) is 0 Å². The average molecular weight is 137 g/mol. The normalized spacial score (nSPS) is 11.2. The van der Waals surface area contributed by atoms with Crippen LogP contribution in [0.4, 0.5) is 0 Å². The van der Waals surface area contributed by atoms with E-state index in [-0.39, 0.29) is 11.9 Å². The van der Waals surface area contributed by atoms with Crippen LogP contribution >= 0.6 is 0 Å². The van der Waals surface area contributed by atoms with Crippen molar-refractivity contribution in [3.8, 4) is 12.3 Å². The third-order valence-electron chi connectivity index (χ3n) is 1.03. The Bertz CT molecular complexity index is 167. The lowest BCUT2D eigenvalue weighted by Gasteiger charge is -2.07. The Morgan fingerprint density at radius 3 is 3.00 bits per heavy atom. The number of carbonyl (C=O) groups excluding carboxylic acids is 1. The molecule has 0 aliphatic rings. The van der Waals surface area contributed by atoms with Crippen LogP contribution in [-0.2, 0) is 4.79 Å². The molecular weight excluding hydrogens is 126 g/mol. The number of terminal acetylenes is 1. The van der Waals surface area contributed by atoms with Crippen molar-refractivity contribution in [2.45, 2.75) is 19.4 Å². The van der Waals surface area contributed by atoms with Gasteiger partial charge in [-0.05, 0) is 19.3 Å². The third-order valence-corrected chi connectivity index (χ3v) is 1.03. The zero-order valence-corrected chi connectivity index (χ0v) is 6.05. The van der Waals surface area contributed by atoms with Gasteiger partial charge in [-0.1, -0.05) is 6.08 Å². The smallest absolute Gasteiger partial charge is 0.295 e. The molecule has 1 atom stereocenters. The first kappa shape index (κ1) is 8.77. The van der Waals surface area contributed by atoms with Gasteiger partial charge in [-0.2, -0.15) is 0 Å². The lowest BCUT2D eigenvalue weighted by molar-refractivity contribution is -0.116. The second-order valence-electron chi connectivity index (χ2n) is 2.04. The summed E-state index contributed by atoms with van der Waals surface area (Å²) >= 11 is 0. The minimum Gasteiger partial charge on any atom is -0.343 e. The van der Waals surface area contributed by atoms with Crippen LogP contribution in [0.15, 0.2) is 12.7 Å². The molecule has 1 unspecified atom stereocenters. The Kier molecular flexibility index (Phi) is 4.06. The van der Waals surface area contributed by atoms with Crippen molar-refractivity contribution in [2.24, 2.45) is 0 Å². The Balaban J connectivity index is 3.59. The highest BCUT2D eigenvalue weighted by atomic mass is 16.1. The predicted molar refractivity (Wildman–Crippen MR) is 41.3 cm³/mol. The van der Waals surface area contributed by atoms with Gasteiger partial charge < -0.3 is 5.32 Å². The van der Waals surface area contributed by atoms with E-state index in [9.17, 15) is 4.79 Å². The number of nitrogens with one attached hydrogen (secondary N) is 1. The van der Waals surface area contributed by atoms with Gasteiger partial charge in [-0.15, -0.1) is 13.0 Å². The summed E-state index contributed by atoms with van der Waals surface area (Å²) in [6.07, 6.45) is 7.31. The Morgan fingerprint density at radius 1 is 2.00 bits per heavy atom. The summed E-state index contributed by atoms with van der Waals surface area (Å²) in [6, 6.07) is 0.0843. The Hall–Kier alpha value is -1.23. The molecule has 0 heterocycles. The van der Waals surface area contributed by atoms with Gasteiger partial charge >= 0.3 is 0 Å². The summed E-state index contributed by atoms with van der Waals surface area (Å²) in [5.74, 6) is 1.60. The second kappa shape index (κ2) is 4.63. The third kappa shape index (κ3) is 3.73. The van der Waals surface area contributed by atoms with E-state index in [1.54, 1.807) is 6.08 Å². The molecule has 54 valence electrons. The molecule has 0 aromatic heterocycles. The molecule has 0 spiro atoms. The van der Waals surface area contributed by atoms with Gasteiger partial charge in [-0.3, -0.25) is 4.79 Å². The fourth-order valence-corrected chi connectivity index (χ4v) is 0.574. The van der Waals surface area contributed by atoms with Crippen LogP contribution in [0.1, 0.15) is 13.3 Å². The molecule has 0 bridgehead atoms. The minimum absolute atomic E-state index is 0.0843. The van der Waals surface area contributed by atoms with Crippen LogP contribution in [0.2, 0.25) is 0 Å². The van der Waals surface area contributed by atoms with Crippen LogP contribution in [0.5, 0.6) is 0 Å². The predicted octanol–water partition coefficient (Wildman–Crippen LogP) is 0.700. The molecule has 0 aromatic carbocycles. The molecule has 0 aliphatic heterocycles. The van der Waals surface area contributed by atoms with Gasteiger partial charge in [0.15, 0.2) is 0 Å². The Morgan fingerprint density at radius 2 is 2.60 bits per heavy atom. The molecule has 2 nitrogen and oxygen atoms in total. The fourth-order valence-electron chi connectivity index (χ4n) is 0.574. The lowest BCUT2D eigenvalue weighted by Crippen LogP contribution is -2.30.